The molecule has 3 aliphatic rings. The largest absolute Gasteiger partial charge is 0.453 e. The maximum atomic E-state index is 12.6. The zero-order valence-electron chi connectivity index (χ0n) is 14.9. The third-order valence-corrected chi connectivity index (χ3v) is 4.81. The lowest BCUT2D eigenvalue weighted by Crippen LogP contribution is -2.55. The lowest BCUT2D eigenvalue weighted by molar-refractivity contribution is -0.180. The highest BCUT2D eigenvalue weighted by Gasteiger charge is 2.60. The molecular formula is C19H24O6. The zero-order chi connectivity index (χ0) is 17.8. The van der Waals surface area contributed by atoms with Gasteiger partial charge in [-0.1, -0.05) is 18.2 Å². The van der Waals surface area contributed by atoms with Crippen LogP contribution in [0.15, 0.2) is 30.3 Å². The summed E-state index contributed by atoms with van der Waals surface area (Å²) in [7, 11) is 0. The molecule has 2 heterocycles. The van der Waals surface area contributed by atoms with Gasteiger partial charge in [-0.15, -0.1) is 0 Å². The molecule has 0 spiro atoms. The van der Waals surface area contributed by atoms with E-state index in [9.17, 15) is 4.79 Å². The van der Waals surface area contributed by atoms with Crippen molar-refractivity contribution in [2.24, 2.45) is 0 Å². The Hall–Kier alpha value is -1.47. The molecule has 6 nitrogen and oxygen atoms in total. The molecule has 2 aliphatic heterocycles. The predicted molar refractivity (Wildman–Crippen MR) is 87.9 cm³/mol. The fraction of sp³-hybridized carbons (Fsp3) is 0.632. The normalized spacial score (nSPS) is 38.0. The molecule has 1 aliphatic carbocycles. The van der Waals surface area contributed by atoms with Crippen LogP contribution in [0.5, 0.6) is 0 Å². The van der Waals surface area contributed by atoms with E-state index in [2.05, 4.69) is 0 Å². The van der Waals surface area contributed by atoms with Crippen LogP contribution in [-0.4, -0.2) is 48.1 Å². The number of carbonyl (C=O) groups excluding carboxylic acids is 1. The van der Waals surface area contributed by atoms with Gasteiger partial charge in [0.1, 0.15) is 12.2 Å². The summed E-state index contributed by atoms with van der Waals surface area (Å²) < 4.78 is 29.9. The van der Waals surface area contributed by atoms with Gasteiger partial charge >= 0.3 is 5.97 Å². The lowest BCUT2D eigenvalue weighted by atomic mass is 9.87. The number of fused-ring (bicyclic) bond motifs is 2. The van der Waals surface area contributed by atoms with Gasteiger partial charge in [0.2, 0.25) is 0 Å². The third-order valence-electron chi connectivity index (χ3n) is 4.81. The molecule has 6 heteroatoms. The minimum absolute atomic E-state index is 0.192. The number of hydrogen-bond donors (Lipinski definition) is 0. The predicted octanol–water partition coefficient (Wildman–Crippen LogP) is 2.66. The van der Waals surface area contributed by atoms with Crippen LogP contribution < -0.4 is 0 Å². The first-order chi connectivity index (χ1) is 11.7. The Bertz CT molecular complexity index is 625. The van der Waals surface area contributed by atoms with E-state index in [1.165, 1.54) is 0 Å². The fourth-order valence-corrected chi connectivity index (χ4v) is 3.96. The van der Waals surface area contributed by atoms with Crippen molar-refractivity contribution in [2.75, 3.05) is 0 Å². The van der Waals surface area contributed by atoms with Gasteiger partial charge in [-0.2, -0.15) is 0 Å². The van der Waals surface area contributed by atoms with Crippen molar-refractivity contribution in [3.63, 3.8) is 0 Å². The van der Waals surface area contributed by atoms with Gasteiger partial charge < -0.3 is 23.7 Å². The Morgan fingerprint density at radius 3 is 1.96 bits per heavy atom. The summed E-state index contributed by atoms with van der Waals surface area (Å²) in [4.78, 5) is 12.6. The molecule has 0 aromatic heterocycles. The molecule has 0 bridgehead atoms. The average molecular weight is 348 g/mol. The molecule has 1 aromatic carbocycles. The first kappa shape index (κ1) is 17.0. The van der Waals surface area contributed by atoms with E-state index < -0.39 is 23.6 Å². The zero-order valence-corrected chi connectivity index (χ0v) is 14.9. The van der Waals surface area contributed by atoms with E-state index in [1.54, 1.807) is 24.3 Å². The van der Waals surface area contributed by atoms with Gasteiger partial charge in [-0.25, -0.2) is 4.79 Å². The van der Waals surface area contributed by atoms with Crippen molar-refractivity contribution in [2.45, 2.75) is 76.2 Å². The quantitative estimate of drug-likeness (QED) is 0.766. The van der Waals surface area contributed by atoms with Crippen LogP contribution in [0.1, 0.15) is 44.5 Å². The van der Waals surface area contributed by atoms with E-state index >= 15 is 0 Å². The van der Waals surface area contributed by atoms with Crippen molar-refractivity contribution >= 4 is 5.97 Å². The van der Waals surface area contributed by atoms with E-state index in [4.69, 9.17) is 23.7 Å². The topological polar surface area (TPSA) is 63.2 Å². The summed E-state index contributed by atoms with van der Waals surface area (Å²) in [5.74, 6) is -1.84. The van der Waals surface area contributed by atoms with Crippen LogP contribution >= 0.6 is 0 Å². The van der Waals surface area contributed by atoms with E-state index in [0.29, 0.717) is 12.0 Å². The summed E-state index contributed by atoms with van der Waals surface area (Å²) >= 11 is 0. The Morgan fingerprint density at radius 1 is 0.920 bits per heavy atom. The maximum absolute atomic E-state index is 12.6. The molecule has 25 heavy (non-hydrogen) atoms. The van der Waals surface area contributed by atoms with Gasteiger partial charge in [0.25, 0.3) is 0 Å². The molecule has 1 saturated carbocycles. The number of esters is 1. The number of rotatable bonds is 2. The van der Waals surface area contributed by atoms with E-state index in [0.717, 1.165) is 0 Å². The highest BCUT2D eigenvalue weighted by atomic mass is 16.8. The van der Waals surface area contributed by atoms with Crippen LogP contribution in [0, 0.1) is 0 Å². The summed E-state index contributed by atoms with van der Waals surface area (Å²) in [6, 6.07) is 8.92. The number of carbonyl (C=O) groups is 1. The number of hydrogen-bond acceptors (Lipinski definition) is 6. The van der Waals surface area contributed by atoms with Gasteiger partial charge in [0.05, 0.1) is 17.8 Å². The van der Waals surface area contributed by atoms with Crippen molar-refractivity contribution in [3.8, 4) is 0 Å². The van der Waals surface area contributed by atoms with Gasteiger partial charge in [0, 0.05) is 6.42 Å². The maximum Gasteiger partial charge on any atom is 0.338 e. The Kier molecular flexibility index (Phi) is 3.92. The van der Waals surface area contributed by atoms with Crippen molar-refractivity contribution < 1.29 is 28.5 Å². The molecular weight excluding hydrogens is 324 g/mol. The second-order valence-corrected chi connectivity index (χ2v) is 7.75. The Balaban J connectivity index is 1.60. The SMILES string of the molecule is CC1(C)O[C@@H]2C(OC(=O)c3ccccc3)[C@@H]3OC(C)(C)O[C@H]3C[C@H]2O1. The fourth-order valence-electron chi connectivity index (χ4n) is 3.96. The van der Waals surface area contributed by atoms with E-state index in [-0.39, 0.29) is 24.4 Å². The van der Waals surface area contributed by atoms with Gasteiger partial charge in [-0.3, -0.25) is 0 Å². The average Bonchev–Trinajstić information content (AvgIpc) is 3.01. The molecule has 0 radical (unpaired) electrons. The smallest absolute Gasteiger partial charge is 0.338 e. The van der Waals surface area contributed by atoms with Crippen LogP contribution in [0.4, 0.5) is 0 Å². The van der Waals surface area contributed by atoms with Gasteiger partial charge in [0.15, 0.2) is 17.7 Å². The Morgan fingerprint density at radius 2 is 1.44 bits per heavy atom. The summed E-state index contributed by atoms with van der Waals surface area (Å²) in [5.41, 5.74) is 0.498. The third kappa shape index (κ3) is 3.19. The summed E-state index contributed by atoms with van der Waals surface area (Å²) in [6.07, 6.45) is -1.06. The summed E-state index contributed by atoms with van der Waals surface area (Å²) in [5, 5.41) is 0. The monoisotopic (exact) mass is 348 g/mol. The molecule has 1 aromatic rings. The van der Waals surface area contributed by atoms with Crippen LogP contribution in [0.25, 0.3) is 0 Å². The molecule has 1 unspecified atom stereocenters. The minimum atomic E-state index is -0.721. The molecule has 0 N–H and O–H groups in total. The van der Waals surface area contributed by atoms with Crippen molar-refractivity contribution in [1.29, 1.82) is 0 Å². The van der Waals surface area contributed by atoms with Crippen LogP contribution in [0.2, 0.25) is 0 Å². The van der Waals surface area contributed by atoms with Crippen LogP contribution in [-0.2, 0) is 23.7 Å². The van der Waals surface area contributed by atoms with Crippen LogP contribution in [0.3, 0.4) is 0 Å². The lowest BCUT2D eigenvalue weighted by Gasteiger charge is -2.37. The highest BCUT2D eigenvalue weighted by Crippen LogP contribution is 2.45. The Labute approximate surface area is 147 Å². The van der Waals surface area contributed by atoms with E-state index in [1.807, 2.05) is 33.8 Å². The summed E-state index contributed by atoms with van der Waals surface area (Å²) in [6.45, 7) is 7.46. The molecule has 2 saturated heterocycles. The number of ether oxygens (including phenoxy) is 5. The minimum Gasteiger partial charge on any atom is -0.453 e. The van der Waals surface area contributed by atoms with Crippen molar-refractivity contribution in [1.82, 2.24) is 0 Å². The molecule has 0 amide bonds. The first-order valence-corrected chi connectivity index (χ1v) is 8.71. The number of benzene rings is 1. The highest BCUT2D eigenvalue weighted by molar-refractivity contribution is 5.89. The molecule has 5 atom stereocenters. The molecule has 4 rings (SSSR count). The van der Waals surface area contributed by atoms with Crippen molar-refractivity contribution in [3.05, 3.63) is 35.9 Å². The second-order valence-electron chi connectivity index (χ2n) is 7.75. The second kappa shape index (κ2) is 5.77. The standard InChI is InChI=1S/C19H24O6/c1-18(2)22-12-10-13-15(25-19(3,4)23-13)16(14(12)24-18)21-17(20)11-8-6-5-7-9-11/h5-9,12-16H,10H2,1-4H3/t12-,13+,14+,15-,16?. The molecule has 136 valence electrons. The van der Waals surface area contributed by atoms with Gasteiger partial charge in [-0.05, 0) is 39.8 Å². The molecule has 3 fully saturated rings. The first-order valence-electron chi connectivity index (χ1n) is 8.71.